The van der Waals surface area contributed by atoms with Crippen molar-refractivity contribution in [2.75, 3.05) is 31.1 Å². The van der Waals surface area contributed by atoms with Crippen molar-refractivity contribution in [3.05, 3.63) is 79.4 Å². The third-order valence-corrected chi connectivity index (χ3v) is 5.87. The Hall–Kier alpha value is -4.51. The van der Waals surface area contributed by atoms with Crippen LogP contribution in [0.3, 0.4) is 0 Å². The standard InChI is InChI=1S/C25H21N7O/c1-2-23(33)31-12-10-30(11-13-31)21-6-4-18(5-7-21)22-14-19(25-27-8-3-9-28-25)17-32-24(22)20(15-26)16-29-32/h2-9,14,16-17H,1,10-13H2. The van der Waals surface area contributed by atoms with E-state index >= 15 is 0 Å². The quantitative estimate of drug-likeness (QED) is 0.458. The van der Waals surface area contributed by atoms with Gasteiger partial charge in [0.15, 0.2) is 5.82 Å². The highest BCUT2D eigenvalue weighted by molar-refractivity contribution is 5.88. The summed E-state index contributed by atoms with van der Waals surface area (Å²) in [6.07, 6.45) is 8.19. The number of hydrogen-bond donors (Lipinski definition) is 0. The molecule has 0 bridgehead atoms. The number of hydrogen-bond acceptors (Lipinski definition) is 6. The van der Waals surface area contributed by atoms with Gasteiger partial charge in [0.05, 0.1) is 17.3 Å². The molecule has 0 atom stereocenters. The minimum absolute atomic E-state index is 0.0228. The van der Waals surface area contributed by atoms with Crippen LogP contribution in [-0.2, 0) is 4.79 Å². The van der Waals surface area contributed by atoms with Crippen molar-refractivity contribution in [3.63, 3.8) is 0 Å². The van der Waals surface area contributed by atoms with Gasteiger partial charge >= 0.3 is 0 Å². The highest BCUT2D eigenvalue weighted by atomic mass is 16.2. The molecule has 33 heavy (non-hydrogen) atoms. The van der Waals surface area contributed by atoms with Gasteiger partial charge in [0.1, 0.15) is 6.07 Å². The highest BCUT2D eigenvalue weighted by Crippen LogP contribution is 2.32. The van der Waals surface area contributed by atoms with E-state index in [-0.39, 0.29) is 5.91 Å². The summed E-state index contributed by atoms with van der Waals surface area (Å²) in [6, 6.07) is 14.3. The molecule has 1 fully saturated rings. The Morgan fingerprint density at radius 3 is 2.45 bits per heavy atom. The average molecular weight is 435 g/mol. The maximum atomic E-state index is 11.8. The molecule has 0 N–H and O–H groups in total. The lowest BCUT2D eigenvalue weighted by molar-refractivity contribution is -0.126. The van der Waals surface area contributed by atoms with Crippen LogP contribution in [0.5, 0.6) is 0 Å². The van der Waals surface area contributed by atoms with Gasteiger partial charge in [-0.15, -0.1) is 0 Å². The zero-order chi connectivity index (χ0) is 22.8. The van der Waals surface area contributed by atoms with Crippen LogP contribution in [0.25, 0.3) is 28.0 Å². The predicted octanol–water partition coefficient (Wildman–Crippen LogP) is 3.16. The fraction of sp³-hybridized carbons (Fsp3) is 0.160. The Morgan fingerprint density at radius 1 is 1.06 bits per heavy atom. The Morgan fingerprint density at radius 2 is 1.79 bits per heavy atom. The zero-order valence-corrected chi connectivity index (χ0v) is 17.9. The van der Waals surface area contributed by atoms with E-state index in [4.69, 9.17) is 0 Å². The summed E-state index contributed by atoms with van der Waals surface area (Å²) in [6.45, 7) is 6.45. The number of pyridine rings is 1. The number of piperazine rings is 1. The first kappa shape index (κ1) is 20.4. The third kappa shape index (κ3) is 3.81. The van der Waals surface area contributed by atoms with Crippen LogP contribution in [0.1, 0.15) is 5.56 Å². The number of aromatic nitrogens is 4. The van der Waals surface area contributed by atoms with Crippen LogP contribution in [0.4, 0.5) is 5.69 Å². The van der Waals surface area contributed by atoms with Crippen molar-refractivity contribution in [2.45, 2.75) is 0 Å². The first-order chi connectivity index (χ1) is 16.2. The molecule has 1 aliphatic heterocycles. The molecule has 8 nitrogen and oxygen atoms in total. The molecule has 1 saturated heterocycles. The SMILES string of the molecule is C=CC(=O)N1CCN(c2ccc(-c3cc(-c4ncccn4)cn4ncc(C#N)c34)cc2)CC1. The molecule has 0 radical (unpaired) electrons. The molecule has 1 aromatic carbocycles. The number of fused-ring (bicyclic) bond motifs is 1. The summed E-state index contributed by atoms with van der Waals surface area (Å²) < 4.78 is 1.71. The largest absolute Gasteiger partial charge is 0.368 e. The van der Waals surface area contributed by atoms with Gasteiger partial charge in [0.2, 0.25) is 5.91 Å². The van der Waals surface area contributed by atoms with Crippen LogP contribution in [0, 0.1) is 11.3 Å². The summed E-state index contributed by atoms with van der Waals surface area (Å²) >= 11 is 0. The van der Waals surface area contributed by atoms with Gasteiger partial charge in [-0.3, -0.25) is 4.79 Å². The molecule has 162 valence electrons. The van der Waals surface area contributed by atoms with Gasteiger partial charge in [-0.2, -0.15) is 10.4 Å². The van der Waals surface area contributed by atoms with Crippen LogP contribution < -0.4 is 4.90 Å². The topological polar surface area (TPSA) is 90.4 Å². The lowest BCUT2D eigenvalue weighted by Gasteiger charge is -2.35. The minimum Gasteiger partial charge on any atom is -0.368 e. The van der Waals surface area contributed by atoms with E-state index in [0.29, 0.717) is 24.5 Å². The number of nitriles is 1. The Labute approximate surface area is 191 Å². The Balaban J connectivity index is 1.49. The van der Waals surface area contributed by atoms with Crippen LogP contribution in [-0.4, -0.2) is 56.6 Å². The number of benzene rings is 1. The summed E-state index contributed by atoms with van der Waals surface area (Å²) in [5.74, 6) is 0.573. The Bertz CT molecular complexity index is 1360. The predicted molar refractivity (Wildman–Crippen MR) is 125 cm³/mol. The molecular formula is C25H21N7O. The lowest BCUT2D eigenvalue weighted by Crippen LogP contribution is -2.48. The molecular weight excluding hydrogens is 414 g/mol. The van der Waals surface area contributed by atoms with E-state index < -0.39 is 0 Å². The van der Waals surface area contributed by atoms with Crippen LogP contribution in [0.15, 0.2) is 73.8 Å². The number of carbonyl (C=O) groups is 1. The van der Waals surface area contributed by atoms with Crippen LogP contribution >= 0.6 is 0 Å². The van der Waals surface area contributed by atoms with Crippen molar-refractivity contribution >= 4 is 17.1 Å². The fourth-order valence-corrected chi connectivity index (χ4v) is 4.16. The van der Waals surface area contributed by atoms with Crippen LogP contribution in [0.2, 0.25) is 0 Å². The van der Waals surface area contributed by atoms with Crippen molar-refractivity contribution in [2.24, 2.45) is 0 Å². The van der Waals surface area contributed by atoms with Gasteiger partial charge < -0.3 is 9.80 Å². The molecule has 1 aliphatic rings. The minimum atomic E-state index is -0.0228. The van der Waals surface area contributed by atoms with Gasteiger partial charge in [0, 0.05) is 61.6 Å². The van der Waals surface area contributed by atoms with Crippen molar-refractivity contribution in [3.8, 4) is 28.6 Å². The molecule has 3 aromatic heterocycles. The van der Waals surface area contributed by atoms with Gasteiger partial charge in [-0.05, 0) is 35.9 Å². The summed E-state index contributed by atoms with van der Waals surface area (Å²) in [4.78, 5) is 24.6. The molecule has 1 amide bonds. The fourth-order valence-electron chi connectivity index (χ4n) is 4.16. The van der Waals surface area contributed by atoms with E-state index in [0.717, 1.165) is 41.0 Å². The summed E-state index contributed by atoms with van der Waals surface area (Å²) in [7, 11) is 0. The number of rotatable bonds is 4. The molecule has 4 heterocycles. The second-order valence-electron chi connectivity index (χ2n) is 7.74. The molecule has 0 aliphatic carbocycles. The third-order valence-electron chi connectivity index (χ3n) is 5.87. The van der Waals surface area contributed by atoms with E-state index in [1.54, 1.807) is 29.2 Å². The number of amides is 1. The molecule has 4 aromatic rings. The molecule has 8 heteroatoms. The molecule has 0 spiro atoms. The monoisotopic (exact) mass is 435 g/mol. The first-order valence-corrected chi connectivity index (χ1v) is 10.6. The van der Waals surface area contributed by atoms with E-state index in [9.17, 15) is 10.1 Å². The number of nitrogens with zero attached hydrogens (tertiary/aromatic N) is 7. The van der Waals surface area contributed by atoms with Gasteiger partial charge in [-0.1, -0.05) is 18.7 Å². The second kappa shape index (κ2) is 8.55. The first-order valence-electron chi connectivity index (χ1n) is 10.6. The smallest absolute Gasteiger partial charge is 0.246 e. The van der Waals surface area contributed by atoms with Gasteiger partial charge in [-0.25, -0.2) is 14.5 Å². The lowest BCUT2D eigenvalue weighted by atomic mass is 10.0. The van der Waals surface area contributed by atoms with E-state index in [2.05, 4.69) is 56.9 Å². The number of carbonyl (C=O) groups excluding carboxylic acids is 1. The average Bonchev–Trinajstić information content (AvgIpc) is 3.31. The zero-order valence-electron chi connectivity index (χ0n) is 17.9. The maximum Gasteiger partial charge on any atom is 0.246 e. The van der Waals surface area contributed by atoms with Crippen molar-refractivity contribution in [1.82, 2.24) is 24.5 Å². The van der Waals surface area contributed by atoms with Crippen molar-refractivity contribution < 1.29 is 4.79 Å². The maximum absolute atomic E-state index is 11.8. The Kier molecular flexibility index (Phi) is 5.29. The summed E-state index contributed by atoms with van der Waals surface area (Å²) in [5, 5.41) is 14.0. The van der Waals surface area contributed by atoms with Gasteiger partial charge in [0.25, 0.3) is 0 Å². The molecule has 5 rings (SSSR count). The van der Waals surface area contributed by atoms with E-state index in [1.807, 2.05) is 17.2 Å². The molecule has 0 unspecified atom stereocenters. The number of anilines is 1. The molecule has 0 saturated carbocycles. The highest BCUT2D eigenvalue weighted by Gasteiger charge is 2.20. The van der Waals surface area contributed by atoms with Crippen molar-refractivity contribution in [1.29, 1.82) is 5.26 Å². The summed E-state index contributed by atoms with van der Waals surface area (Å²) in [5.41, 5.74) is 5.04. The normalized spacial score (nSPS) is 13.7. The van der Waals surface area contributed by atoms with E-state index in [1.165, 1.54) is 6.08 Å². The second-order valence-corrected chi connectivity index (χ2v) is 7.74.